The Balaban J connectivity index is 2.08. The molecule has 2 aromatic rings. The van der Waals surface area contributed by atoms with Crippen LogP contribution in [-0.4, -0.2) is 17.9 Å². The number of rotatable bonds is 6. The van der Waals surface area contributed by atoms with Crippen LogP contribution in [0.2, 0.25) is 5.02 Å². The Morgan fingerprint density at radius 1 is 1.26 bits per heavy atom. The third kappa shape index (κ3) is 5.28. The van der Waals surface area contributed by atoms with E-state index >= 15 is 0 Å². The van der Waals surface area contributed by atoms with Crippen LogP contribution in [0, 0.1) is 23.1 Å². The number of nitrogens with one attached hydrogen (secondary N) is 1. The molecule has 0 spiro atoms. The molecule has 0 heterocycles. The van der Waals surface area contributed by atoms with Crippen molar-refractivity contribution < 1.29 is 18.7 Å². The van der Waals surface area contributed by atoms with Crippen LogP contribution in [0.3, 0.4) is 0 Å². The number of ether oxygens (including phenoxy) is 1. The molecule has 0 aromatic heterocycles. The maximum atomic E-state index is 13.8. The normalized spacial score (nSPS) is 11.6. The lowest BCUT2D eigenvalue weighted by molar-refractivity contribution is -0.148. The maximum absolute atomic E-state index is 13.8. The molecule has 2 rings (SSSR count). The van der Waals surface area contributed by atoms with E-state index in [9.17, 15) is 14.0 Å². The summed E-state index contributed by atoms with van der Waals surface area (Å²) in [4.78, 5) is 24.8. The number of hydrogen-bond donors (Lipinski definition) is 1. The van der Waals surface area contributed by atoms with Gasteiger partial charge in [-0.05, 0) is 36.2 Å². The minimum absolute atomic E-state index is 0.0855. The summed E-state index contributed by atoms with van der Waals surface area (Å²) in [5.74, 6) is -2.05. The average Bonchev–Trinajstić information content (AvgIpc) is 2.65. The maximum Gasteiger partial charge on any atom is 0.329 e. The molecule has 2 aromatic carbocycles. The Labute approximate surface area is 161 Å². The molecule has 0 aliphatic rings. The van der Waals surface area contributed by atoms with Gasteiger partial charge in [0, 0.05) is 5.56 Å². The number of nitriles is 1. The van der Waals surface area contributed by atoms with Crippen molar-refractivity contribution in [3.05, 3.63) is 70.0 Å². The molecular formula is C20H18ClFN2O3. The first-order valence-electron chi connectivity index (χ1n) is 8.24. The fraction of sp³-hybridized carbons (Fsp3) is 0.250. The van der Waals surface area contributed by atoms with E-state index in [0.717, 1.165) is 6.07 Å². The first-order valence-corrected chi connectivity index (χ1v) is 8.61. The largest absolute Gasteiger partial charge is 0.459 e. The highest BCUT2D eigenvalue weighted by Crippen LogP contribution is 2.17. The third-order valence-corrected chi connectivity index (χ3v) is 4.20. The van der Waals surface area contributed by atoms with Gasteiger partial charge in [0.15, 0.2) is 0 Å². The molecule has 0 saturated carbocycles. The van der Waals surface area contributed by atoms with Crippen molar-refractivity contribution in [3.63, 3.8) is 0 Å². The molecule has 0 unspecified atom stereocenters. The SMILES string of the molecule is CC(C)[C@H](NC(=O)c1ccccc1Cl)C(=O)OCc1cc(C#N)ccc1F. The Hall–Kier alpha value is -2.91. The van der Waals surface area contributed by atoms with Crippen molar-refractivity contribution >= 4 is 23.5 Å². The summed E-state index contributed by atoms with van der Waals surface area (Å²) in [6.07, 6.45) is 0. The Kier molecular flexibility index (Phi) is 6.91. The van der Waals surface area contributed by atoms with Gasteiger partial charge in [-0.3, -0.25) is 4.79 Å². The highest BCUT2D eigenvalue weighted by Gasteiger charge is 2.27. The van der Waals surface area contributed by atoms with Crippen molar-refractivity contribution in [2.24, 2.45) is 5.92 Å². The zero-order valence-corrected chi connectivity index (χ0v) is 15.6. The number of benzene rings is 2. The zero-order chi connectivity index (χ0) is 20.0. The molecule has 1 amide bonds. The molecule has 27 heavy (non-hydrogen) atoms. The fourth-order valence-corrected chi connectivity index (χ4v) is 2.58. The smallest absolute Gasteiger partial charge is 0.329 e. The molecule has 0 radical (unpaired) electrons. The molecule has 0 saturated heterocycles. The number of carbonyl (C=O) groups excluding carboxylic acids is 2. The quantitative estimate of drug-likeness (QED) is 0.762. The van der Waals surface area contributed by atoms with E-state index in [4.69, 9.17) is 21.6 Å². The standard InChI is InChI=1S/C20H18ClFN2O3/c1-12(2)18(24-19(25)15-5-3-4-6-16(15)21)20(26)27-11-14-9-13(10-23)7-8-17(14)22/h3-9,12,18H,11H2,1-2H3,(H,24,25)/t18-/m0/s1. The Morgan fingerprint density at radius 3 is 2.59 bits per heavy atom. The summed E-state index contributed by atoms with van der Waals surface area (Å²) in [6.45, 7) is 3.15. The van der Waals surface area contributed by atoms with Crippen LogP contribution in [0.15, 0.2) is 42.5 Å². The monoisotopic (exact) mass is 388 g/mol. The molecule has 0 fully saturated rings. The lowest BCUT2D eigenvalue weighted by Gasteiger charge is -2.21. The van der Waals surface area contributed by atoms with Gasteiger partial charge in [-0.25, -0.2) is 9.18 Å². The number of halogens is 2. The second-order valence-corrected chi connectivity index (χ2v) is 6.61. The average molecular weight is 389 g/mol. The van der Waals surface area contributed by atoms with Gasteiger partial charge in [-0.1, -0.05) is 37.6 Å². The first-order chi connectivity index (χ1) is 12.8. The van der Waals surface area contributed by atoms with Gasteiger partial charge in [0.2, 0.25) is 0 Å². The van der Waals surface area contributed by atoms with Gasteiger partial charge in [0.05, 0.1) is 22.2 Å². The van der Waals surface area contributed by atoms with Crippen LogP contribution in [0.1, 0.15) is 35.3 Å². The van der Waals surface area contributed by atoms with E-state index in [2.05, 4.69) is 5.32 Å². The van der Waals surface area contributed by atoms with Crippen molar-refractivity contribution in [2.45, 2.75) is 26.5 Å². The van der Waals surface area contributed by atoms with E-state index in [0.29, 0.717) is 0 Å². The van der Waals surface area contributed by atoms with Gasteiger partial charge in [-0.15, -0.1) is 0 Å². The van der Waals surface area contributed by atoms with Crippen molar-refractivity contribution in [3.8, 4) is 6.07 Å². The summed E-state index contributed by atoms with van der Waals surface area (Å²) in [5.41, 5.74) is 0.586. The number of carbonyl (C=O) groups is 2. The van der Waals surface area contributed by atoms with Crippen LogP contribution in [0.25, 0.3) is 0 Å². The fourth-order valence-electron chi connectivity index (χ4n) is 2.36. The summed E-state index contributed by atoms with van der Waals surface area (Å²) < 4.78 is 19.0. The van der Waals surface area contributed by atoms with E-state index in [1.165, 1.54) is 12.1 Å². The van der Waals surface area contributed by atoms with Crippen molar-refractivity contribution in [2.75, 3.05) is 0 Å². The van der Waals surface area contributed by atoms with Crippen molar-refractivity contribution in [1.82, 2.24) is 5.32 Å². The van der Waals surface area contributed by atoms with E-state index in [-0.39, 0.29) is 34.2 Å². The van der Waals surface area contributed by atoms with Crippen LogP contribution < -0.4 is 5.32 Å². The van der Waals surface area contributed by atoms with Gasteiger partial charge in [-0.2, -0.15) is 5.26 Å². The molecule has 1 N–H and O–H groups in total. The molecule has 7 heteroatoms. The summed E-state index contributed by atoms with van der Waals surface area (Å²) in [6, 6.07) is 11.2. The predicted octanol–water partition coefficient (Wildman–Crippen LogP) is 3.85. The van der Waals surface area contributed by atoms with Crippen LogP contribution in [-0.2, 0) is 16.1 Å². The van der Waals surface area contributed by atoms with E-state index < -0.39 is 23.7 Å². The molecule has 0 aliphatic heterocycles. The van der Waals surface area contributed by atoms with Gasteiger partial charge in [0.25, 0.3) is 5.91 Å². The van der Waals surface area contributed by atoms with E-state index in [1.807, 2.05) is 6.07 Å². The van der Waals surface area contributed by atoms with E-state index in [1.54, 1.807) is 38.1 Å². The molecule has 1 atom stereocenters. The number of nitrogens with zero attached hydrogens (tertiary/aromatic N) is 1. The minimum atomic E-state index is -0.934. The summed E-state index contributed by atoms with van der Waals surface area (Å²) >= 11 is 6.00. The highest BCUT2D eigenvalue weighted by molar-refractivity contribution is 6.33. The second kappa shape index (κ2) is 9.15. The molecule has 0 aliphatic carbocycles. The van der Waals surface area contributed by atoms with Gasteiger partial charge < -0.3 is 10.1 Å². The number of hydrogen-bond acceptors (Lipinski definition) is 4. The lowest BCUT2D eigenvalue weighted by atomic mass is 10.0. The molecule has 140 valence electrons. The number of esters is 1. The summed E-state index contributed by atoms with van der Waals surface area (Å²) in [7, 11) is 0. The van der Waals surface area contributed by atoms with Crippen LogP contribution in [0.5, 0.6) is 0 Å². The lowest BCUT2D eigenvalue weighted by Crippen LogP contribution is -2.45. The zero-order valence-electron chi connectivity index (χ0n) is 14.8. The van der Waals surface area contributed by atoms with Crippen molar-refractivity contribution in [1.29, 1.82) is 5.26 Å². The first kappa shape index (κ1) is 20.4. The minimum Gasteiger partial charge on any atom is -0.459 e. The Morgan fingerprint density at radius 2 is 1.96 bits per heavy atom. The third-order valence-electron chi connectivity index (χ3n) is 3.87. The van der Waals surface area contributed by atoms with Gasteiger partial charge >= 0.3 is 5.97 Å². The number of amides is 1. The molecule has 0 bridgehead atoms. The molecular weight excluding hydrogens is 371 g/mol. The van der Waals surface area contributed by atoms with Crippen LogP contribution >= 0.6 is 11.6 Å². The predicted molar refractivity (Wildman–Crippen MR) is 98.5 cm³/mol. The Bertz CT molecular complexity index is 893. The second-order valence-electron chi connectivity index (χ2n) is 6.20. The highest BCUT2D eigenvalue weighted by atomic mass is 35.5. The van der Waals surface area contributed by atoms with Crippen LogP contribution in [0.4, 0.5) is 4.39 Å². The van der Waals surface area contributed by atoms with Gasteiger partial charge in [0.1, 0.15) is 18.5 Å². The topological polar surface area (TPSA) is 79.2 Å². The molecule has 5 nitrogen and oxygen atoms in total. The summed E-state index contributed by atoms with van der Waals surface area (Å²) in [5, 5.41) is 11.8.